The molecule has 0 saturated carbocycles. The predicted molar refractivity (Wildman–Crippen MR) is 63.6 cm³/mol. The lowest BCUT2D eigenvalue weighted by Gasteiger charge is -1.92. The van der Waals surface area contributed by atoms with Crippen LogP contribution in [-0.4, -0.2) is 28.1 Å². The fraction of sp³-hybridized carbons (Fsp3) is 0.167. The summed E-state index contributed by atoms with van der Waals surface area (Å²) in [6, 6.07) is 0. The van der Waals surface area contributed by atoms with E-state index in [2.05, 4.69) is 30.2 Å². The molecule has 0 aliphatic heterocycles. The van der Waals surface area contributed by atoms with E-state index in [1.807, 2.05) is 0 Å². The Balaban J connectivity index is 0. The van der Waals surface area contributed by atoms with Gasteiger partial charge in [-0.2, -0.15) is 0 Å². The van der Waals surface area contributed by atoms with Crippen LogP contribution in [-0.2, 0) is 19.1 Å². The average molecular weight is 254 g/mol. The van der Waals surface area contributed by atoms with Gasteiger partial charge in [0.2, 0.25) is 0 Å². The minimum atomic E-state index is -1.27. The Labute approximate surface area is 104 Å². The van der Waals surface area contributed by atoms with Crippen molar-refractivity contribution in [1.82, 2.24) is 0 Å². The summed E-state index contributed by atoms with van der Waals surface area (Å²) in [7, 11) is 0. The van der Waals surface area contributed by atoms with Crippen LogP contribution in [0.3, 0.4) is 0 Å². The van der Waals surface area contributed by atoms with Crippen LogP contribution in [0.15, 0.2) is 42.9 Å². The fourth-order valence-corrected chi connectivity index (χ4v) is 0.454. The number of rotatable bonds is 5. The maximum Gasteiger partial charge on any atom is 0.338 e. The largest absolute Gasteiger partial charge is 0.481 e. The van der Waals surface area contributed by atoms with E-state index in [9.17, 15) is 14.4 Å². The van der Waals surface area contributed by atoms with Crippen LogP contribution < -0.4 is 0 Å². The van der Waals surface area contributed by atoms with Gasteiger partial charge in [-0.05, 0) is 6.92 Å². The lowest BCUT2D eigenvalue weighted by molar-refractivity contribution is -0.139. The second-order valence-corrected chi connectivity index (χ2v) is 2.99. The van der Waals surface area contributed by atoms with Crippen molar-refractivity contribution in [2.24, 2.45) is 0 Å². The van der Waals surface area contributed by atoms with Gasteiger partial charge in [0.25, 0.3) is 0 Å². The molecule has 0 spiro atoms. The maximum atomic E-state index is 10.5. The first-order chi connectivity index (χ1) is 8.22. The van der Waals surface area contributed by atoms with Crippen molar-refractivity contribution in [3.05, 3.63) is 42.9 Å². The number of carboxylic acids is 2. The Bertz CT molecular complexity index is 386. The molecule has 0 aromatic carbocycles. The molecule has 0 unspecified atom stereocenters. The lowest BCUT2D eigenvalue weighted by atomic mass is 10.2. The number of aliphatic carboxylic acids is 2. The summed E-state index contributed by atoms with van der Waals surface area (Å²) in [5.41, 5.74) is 2.35. The van der Waals surface area contributed by atoms with Crippen LogP contribution in [0.2, 0.25) is 0 Å². The molecule has 0 saturated heterocycles. The summed E-state index contributed by atoms with van der Waals surface area (Å²) >= 11 is 0. The molecular weight excluding hydrogens is 240 g/mol. The standard InChI is InChI=1S/C7H8O2.C5H6O4/c1-4-5-9-7(8)6(2)3;1-3(5(8)9)2-4(6)7/h5H,1-2H2,3H3;1-2H2,(H,6,7)(H,8,9). The molecule has 98 valence electrons. The van der Waals surface area contributed by atoms with Crippen LogP contribution >= 0.6 is 0 Å². The minimum Gasteiger partial charge on any atom is -0.481 e. The monoisotopic (exact) mass is 254 g/mol. The van der Waals surface area contributed by atoms with Gasteiger partial charge >= 0.3 is 17.9 Å². The van der Waals surface area contributed by atoms with Gasteiger partial charge in [-0.1, -0.05) is 25.5 Å². The van der Waals surface area contributed by atoms with E-state index >= 15 is 0 Å². The van der Waals surface area contributed by atoms with Gasteiger partial charge in [-0.25, -0.2) is 9.59 Å². The predicted octanol–water partition coefficient (Wildman–Crippen LogP) is 1.51. The molecule has 0 radical (unpaired) electrons. The highest BCUT2D eigenvalue weighted by Gasteiger charge is 2.07. The van der Waals surface area contributed by atoms with Crippen molar-refractivity contribution in [2.75, 3.05) is 0 Å². The van der Waals surface area contributed by atoms with Crippen molar-refractivity contribution in [3.8, 4) is 0 Å². The molecule has 0 amide bonds. The molecule has 0 aliphatic rings. The van der Waals surface area contributed by atoms with Crippen molar-refractivity contribution >= 4 is 17.9 Å². The van der Waals surface area contributed by atoms with E-state index in [0.717, 1.165) is 6.26 Å². The molecule has 0 aliphatic carbocycles. The van der Waals surface area contributed by atoms with E-state index < -0.39 is 24.3 Å². The molecule has 0 bridgehead atoms. The van der Waals surface area contributed by atoms with E-state index in [1.165, 1.54) is 0 Å². The third-order valence-electron chi connectivity index (χ3n) is 1.26. The van der Waals surface area contributed by atoms with E-state index in [0.29, 0.717) is 5.57 Å². The zero-order valence-corrected chi connectivity index (χ0v) is 9.93. The maximum absolute atomic E-state index is 10.5. The quantitative estimate of drug-likeness (QED) is 0.334. The zero-order chi connectivity index (χ0) is 14.7. The van der Waals surface area contributed by atoms with Gasteiger partial charge in [0.15, 0.2) is 0 Å². The zero-order valence-electron chi connectivity index (χ0n) is 9.93. The number of carboxylic acid groups (broad SMARTS) is 2. The summed E-state index contributed by atoms with van der Waals surface area (Å²) in [5.74, 6) is -2.90. The molecular formula is C12H14O6. The average Bonchev–Trinajstić information content (AvgIpc) is 2.25. The molecule has 18 heavy (non-hydrogen) atoms. The van der Waals surface area contributed by atoms with Crippen molar-refractivity contribution in [2.45, 2.75) is 13.3 Å². The molecule has 6 heteroatoms. The summed E-state index contributed by atoms with van der Waals surface area (Å²) in [5, 5.41) is 16.1. The molecule has 0 rings (SSSR count). The van der Waals surface area contributed by atoms with Gasteiger partial charge < -0.3 is 14.9 Å². The first kappa shape index (κ1) is 17.8. The Kier molecular flexibility index (Phi) is 9.51. The summed E-state index contributed by atoms with van der Waals surface area (Å²) in [6.07, 6.45) is 0.590. The summed E-state index contributed by atoms with van der Waals surface area (Å²) < 4.78 is 4.42. The van der Waals surface area contributed by atoms with Crippen LogP contribution in [0.1, 0.15) is 13.3 Å². The Hall–Kier alpha value is -2.59. The molecule has 0 heterocycles. The summed E-state index contributed by atoms with van der Waals surface area (Å²) in [4.78, 5) is 30.1. The van der Waals surface area contributed by atoms with Crippen LogP contribution in [0.25, 0.3) is 0 Å². The van der Waals surface area contributed by atoms with Crippen molar-refractivity contribution in [3.63, 3.8) is 0 Å². The van der Waals surface area contributed by atoms with Crippen LogP contribution in [0, 0.1) is 0 Å². The molecule has 2 N–H and O–H groups in total. The van der Waals surface area contributed by atoms with E-state index in [4.69, 9.17) is 10.2 Å². The molecule has 0 aromatic rings. The van der Waals surface area contributed by atoms with Gasteiger partial charge in [0, 0.05) is 11.1 Å². The molecule has 0 aromatic heterocycles. The lowest BCUT2D eigenvalue weighted by Crippen LogP contribution is -2.04. The first-order valence-electron chi connectivity index (χ1n) is 4.56. The van der Waals surface area contributed by atoms with E-state index in [1.54, 1.807) is 6.92 Å². The van der Waals surface area contributed by atoms with Gasteiger partial charge in [0.05, 0.1) is 6.42 Å². The minimum absolute atomic E-state index is 0.303. The highest BCUT2D eigenvalue weighted by molar-refractivity contribution is 5.91. The number of hydrogen-bond donors (Lipinski definition) is 2. The number of hydrogen-bond acceptors (Lipinski definition) is 4. The second-order valence-electron chi connectivity index (χ2n) is 2.99. The van der Waals surface area contributed by atoms with Gasteiger partial charge in [-0.15, -0.1) is 0 Å². The Morgan fingerprint density at radius 3 is 2.00 bits per heavy atom. The number of carbonyl (C=O) groups is 3. The Morgan fingerprint density at radius 2 is 1.78 bits per heavy atom. The third-order valence-corrected chi connectivity index (χ3v) is 1.26. The fourth-order valence-electron chi connectivity index (χ4n) is 0.454. The number of carbonyl (C=O) groups excluding carboxylic acids is 1. The first-order valence-corrected chi connectivity index (χ1v) is 4.56. The molecule has 6 nitrogen and oxygen atoms in total. The van der Waals surface area contributed by atoms with Crippen LogP contribution in [0.5, 0.6) is 0 Å². The summed E-state index contributed by atoms with van der Waals surface area (Å²) in [6.45, 7) is 11.2. The smallest absolute Gasteiger partial charge is 0.338 e. The SMILES string of the molecule is C=C(CC(=O)O)C(=O)O.C=C=COC(=O)C(=C)C. The van der Waals surface area contributed by atoms with Crippen molar-refractivity contribution in [1.29, 1.82) is 0 Å². The third kappa shape index (κ3) is 11.5. The Morgan fingerprint density at radius 1 is 1.28 bits per heavy atom. The second kappa shape index (κ2) is 9.62. The molecule has 0 fully saturated rings. The number of ether oxygens (including phenoxy) is 1. The van der Waals surface area contributed by atoms with Crippen LogP contribution in [0.4, 0.5) is 0 Å². The van der Waals surface area contributed by atoms with Gasteiger partial charge in [-0.3, -0.25) is 4.79 Å². The molecule has 0 atom stereocenters. The number of esters is 1. The normalized spacial score (nSPS) is 7.83. The topological polar surface area (TPSA) is 101 Å². The van der Waals surface area contributed by atoms with Gasteiger partial charge in [0.1, 0.15) is 6.26 Å². The highest BCUT2D eigenvalue weighted by atomic mass is 16.5. The highest BCUT2D eigenvalue weighted by Crippen LogP contribution is 1.95. The van der Waals surface area contributed by atoms with Crippen molar-refractivity contribution < 1.29 is 29.3 Å². The van der Waals surface area contributed by atoms with E-state index in [-0.39, 0.29) is 5.57 Å².